The van der Waals surface area contributed by atoms with Crippen molar-refractivity contribution in [2.45, 2.75) is 19.8 Å². The van der Waals surface area contributed by atoms with E-state index in [1.54, 1.807) is 0 Å². The van der Waals surface area contributed by atoms with Crippen LogP contribution in [0.4, 0.5) is 11.4 Å². The van der Waals surface area contributed by atoms with Crippen LogP contribution in [-0.4, -0.2) is 0 Å². The third kappa shape index (κ3) is 2.73. The Bertz CT molecular complexity index is 1140. The van der Waals surface area contributed by atoms with Crippen LogP contribution in [0.1, 0.15) is 30.9 Å². The third-order valence-electron chi connectivity index (χ3n) is 4.59. The average Bonchev–Trinajstić information content (AvgIpc) is 3.06. The Labute approximate surface area is 166 Å². The number of rotatable bonds is 3. The molecule has 128 valence electrons. The summed E-state index contributed by atoms with van der Waals surface area (Å²) in [4.78, 5) is 0. The normalized spacial score (nSPS) is 11.2. The minimum Gasteiger partial charge on any atom is -0.454 e. The molecule has 0 aliphatic carbocycles. The van der Waals surface area contributed by atoms with Crippen molar-refractivity contribution < 1.29 is 4.42 Å². The number of hydrogen-bond donors (Lipinski definition) is 0. The van der Waals surface area contributed by atoms with Gasteiger partial charge in [-0.2, -0.15) is 5.26 Å². The van der Waals surface area contributed by atoms with Gasteiger partial charge in [0.15, 0.2) is 5.58 Å². The van der Waals surface area contributed by atoms with Gasteiger partial charge in [-0.05, 0) is 41.8 Å². The second kappa shape index (κ2) is 6.65. The maximum atomic E-state index is 9.00. The number of furan rings is 1. The lowest BCUT2D eigenvalue weighted by Gasteiger charge is -2.17. The highest BCUT2D eigenvalue weighted by atomic mass is 127. The molecule has 0 saturated heterocycles. The summed E-state index contributed by atoms with van der Waals surface area (Å²) >= 11 is 2.28. The molecule has 0 aliphatic heterocycles. The number of hydrogen-bond acceptors (Lipinski definition) is 3. The van der Waals surface area contributed by atoms with Crippen molar-refractivity contribution in [2.24, 2.45) is 0 Å². The minimum atomic E-state index is 0.400. The van der Waals surface area contributed by atoms with Crippen LogP contribution in [0.15, 0.2) is 65.1 Å². The van der Waals surface area contributed by atoms with E-state index in [1.165, 1.54) is 5.56 Å². The van der Waals surface area contributed by atoms with E-state index in [-0.39, 0.29) is 0 Å². The first-order valence-corrected chi connectivity index (χ1v) is 9.47. The number of para-hydroxylation sites is 2. The predicted molar refractivity (Wildman–Crippen MR) is 115 cm³/mol. The number of halogens is 1. The van der Waals surface area contributed by atoms with Crippen LogP contribution in [-0.2, 0) is 0 Å². The summed E-state index contributed by atoms with van der Waals surface area (Å²) in [7, 11) is 0. The fourth-order valence-corrected chi connectivity index (χ4v) is 3.94. The Hall–Kier alpha value is -2.52. The highest BCUT2D eigenvalue weighted by Gasteiger charge is 2.18. The highest BCUT2D eigenvalue weighted by Crippen LogP contribution is 2.41. The fraction of sp³-hybridized carbons (Fsp3) is 0.136. The lowest BCUT2D eigenvalue weighted by atomic mass is 10.0. The zero-order valence-electron chi connectivity index (χ0n) is 14.5. The SMILES string of the molecule is CC(C)c1cccc2c1oc1c(N(I)c3ccc(C#N)cc3)cccc12. The molecule has 3 nitrogen and oxygen atoms in total. The zero-order valence-corrected chi connectivity index (χ0v) is 16.7. The van der Waals surface area contributed by atoms with Crippen LogP contribution in [0, 0.1) is 11.3 Å². The van der Waals surface area contributed by atoms with Crippen molar-refractivity contribution in [1.29, 1.82) is 5.26 Å². The van der Waals surface area contributed by atoms with Gasteiger partial charge >= 0.3 is 0 Å². The molecule has 0 radical (unpaired) electrons. The fourth-order valence-electron chi connectivity index (χ4n) is 3.24. The van der Waals surface area contributed by atoms with Gasteiger partial charge in [0.05, 0.1) is 45.9 Å². The molecule has 0 saturated carbocycles. The number of anilines is 2. The lowest BCUT2D eigenvalue weighted by Crippen LogP contribution is -2.00. The zero-order chi connectivity index (χ0) is 18.3. The summed E-state index contributed by atoms with van der Waals surface area (Å²) in [5.41, 5.74) is 5.73. The first-order chi connectivity index (χ1) is 12.6. The molecule has 4 aromatic rings. The topological polar surface area (TPSA) is 40.2 Å². The smallest absolute Gasteiger partial charge is 0.159 e. The molecule has 0 unspecified atom stereocenters. The monoisotopic (exact) mass is 452 g/mol. The maximum absolute atomic E-state index is 9.00. The summed E-state index contributed by atoms with van der Waals surface area (Å²) in [6.07, 6.45) is 0. The Morgan fingerprint density at radius 1 is 0.923 bits per heavy atom. The van der Waals surface area contributed by atoms with E-state index in [9.17, 15) is 0 Å². The largest absolute Gasteiger partial charge is 0.454 e. The number of nitriles is 1. The van der Waals surface area contributed by atoms with Gasteiger partial charge in [0, 0.05) is 10.8 Å². The molecule has 0 aliphatic rings. The highest BCUT2D eigenvalue weighted by molar-refractivity contribution is 14.1. The summed E-state index contributed by atoms with van der Waals surface area (Å²) in [5, 5.41) is 11.3. The van der Waals surface area contributed by atoms with E-state index >= 15 is 0 Å². The summed E-state index contributed by atoms with van der Waals surface area (Å²) in [6.45, 7) is 4.37. The standard InChI is InChI=1S/C22H17IN2O/c1-14(2)17-5-3-6-18-19-7-4-8-20(22(19)26-21(17)18)25(23)16-11-9-15(13-24)10-12-16/h3-12,14H,1-2H3. The van der Waals surface area contributed by atoms with Crippen LogP contribution in [0.5, 0.6) is 0 Å². The molecule has 1 heterocycles. The van der Waals surface area contributed by atoms with Crippen LogP contribution < -0.4 is 3.11 Å². The molecule has 0 N–H and O–H groups in total. The molecule has 4 rings (SSSR count). The third-order valence-corrected chi connectivity index (χ3v) is 5.67. The van der Waals surface area contributed by atoms with Crippen molar-refractivity contribution in [3.8, 4) is 6.07 Å². The predicted octanol–water partition coefficient (Wildman–Crippen LogP) is 7.07. The molecule has 1 aromatic heterocycles. The number of benzene rings is 3. The molecule has 0 spiro atoms. The van der Waals surface area contributed by atoms with E-state index in [2.05, 4.69) is 82.3 Å². The van der Waals surface area contributed by atoms with Gasteiger partial charge in [0.25, 0.3) is 0 Å². The Morgan fingerprint density at radius 2 is 1.58 bits per heavy atom. The van der Waals surface area contributed by atoms with Gasteiger partial charge in [-0.25, -0.2) is 0 Å². The van der Waals surface area contributed by atoms with E-state index in [1.807, 2.05) is 24.3 Å². The molecule has 4 heteroatoms. The average molecular weight is 452 g/mol. The first kappa shape index (κ1) is 16.9. The Morgan fingerprint density at radius 3 is 2.23 bits per heavy atom. The van der Waals surface area contributed by atoms with Crippen LogP contribution in [0.2, 0.25) is 0 Å². The van der Waals surface area contributed by atoms with Crippen LogP contribution in [0.25, 0.3) is 21.9 Å². The van der Waals surface area contributed by atoms with Gasteiger partial charge in [0.1, 0.15) is 5.58 Å². The second-order valence-corrected chi connectivity index (χ2v) is 7.54. The molecule has 0 bridgehead atoms. The van der Waals surface area contributed by atoms with Gasteiger partial charge < -0.3 is 4.42 Å². The van der Waals surface area contributed by atoms with Crippen LogP contribution in [0.3, 0.4) is 0 Å². The van der Waals surface area contributed by atoms with Gasteiger partial charge in [-0.3, -0.25) is 3.11 Å². The molecule has 0 amide bonds. The second-order valence-electron chi connectivity index (χ2n) is 6.57. The van der Waals surface area contributed by atoms with Crippen molar-refractivity contribution in [2.75, 3.05) is 3.11 Å². The summed E-state index contributed by atoms with van der Waals surface area (Å²) < 4.78 is 8.43. The summed E-state index contributed by atoms with van der Waals surface area (Å²) in [5.74, 6) is 0.400. The van der Waals surface area contributed by atoms with E-state index in [0.717, 1.165) is 33.3 Å². The Balaban J connectivity index is 1.91. The minimum absolute atomic E-state index is 0.400. The van der Waals surface area contributed by atoms with Crippen molar-refractivity contribution in [1.82, 2.24) is 0 Å². The van der Waals surface area contributed by atoms with Gasteiger partial charge in [-0.15, -0.1) is 0 Å². The molecule has 0 fully saturated rings. The van der Waals surface area contributed by atoms with Gasteiger partial charge in [-0.1, -0.05) is 44.2 Å². The van der Waals surface area contributed by atoms with Crippen molar-refractivity contribution in [3.05, 3.63) is 71.8 Å². The molecular weight excluding hydrogens is 435 g/mol. The van der Waals surface area contributed by atoms with E-state index in [0.29, 0.717) is 11.5 Å². The molecule has 26 heavy (non-hydrogen) atoms. The number of nitrogens with zero attached hydrogens (tertiary/aromatic N) is 2. The van der Waals surface area contributed by atoms with Crippen molar-refractivity contribution in [3.63, 3.8) is 0 Å². The van der Waals surface area contributed by atoms with Gasteiger partial charge in [0.2, 0.25) is 0 Å². The first-order valence-electron chi connectivity index (χ1n) is 8.50. The Kier molecular flexibility index (Phi) is 4.33. The van der Waals surface area contributed by atoms with Crippen molar-refractivity contribution >= 4 is 56.2 Å². The molecule has 0 atom stereocenters. The maximum Gasteiger partial charge on any atom is 0.159 e. The van der Waals surface area contributed by atoms with E-state index < -0.39 is 0 Å². The lowest BCUT2D eigenvalue weighted by molar-refractivity contribution is 0.658. The molecule has 3 aromatic carbocycles. The number of fused-ring (bicyclic) bond motifs is 3. The molecular formula is C22H17IN2O. The summed E-state index contributed by atoms with van der Waals surface area (Å²) in [6, 6.07) is 22.3. The van der Waals surface area contributed by atoms with E-state index in [4.69, 9.17) is 9.68 Å². The van der Waals surface area contributed by atoms with Crippen LogP contribution >= 0.6 is 22.9 Å². The quantitative estimate of drug-likeness (QED) is 0.247.